The van der Waals surface area contributed by atoms with Crippen molar-refractivity contribution >= 4 is 39.8 Å². The molecule has 0 saturated carbocycles. The zero-order valence-corrected chi connectivity index (χ0v) is 15.7. The summed E-state index contributed by atoms with van der Waals surface area (Å²) in [5.74, 6) is -0.152. The molecule has 0 fully saturated rings. The Bertz CT molecular complexity index is 931. The molecule has 0 radical (unpaired) electrons. The summed E-state index contributed by atoms with van der Waals surface area (Å²) in [5.41, 5.74) is 3.70. The number of nitrogens with zero attached hydrogens (tertiary/aromatic N) is 5. The van der Waals surface area contributed by atoms with Crippen LogP contribution in [0.4, 0.5) is 0 Å². The van der Waals surface area contributed by atoms with Gasteiger partial charge in [-0.3, -0.25) is 4.79 Å². The highest BCUT2D eigenvalue weighted by atomic mass is 79.9. The SMILES string of the molecule is O=C(CSc1nnnn1-c1ccccc1)NN=Cc1cc(Br)ccc1O. The third kappa shape index (κ3) is 4.67. The lowest BCUT2D eigenvalue weighted by molar-refractivity contribution is -0.118. The summed E-state index contributed by atoms with van der Waals surface area (Å²) < 4.78 is 2.35. The number of amides is 1. The summed E-state index contributed by atoms with van der Waals surface area (Å²) in [4.78, 5) is 11.9. The molecular weight excluding hydrogens is 420 g/mol. The molecule has 132 valence electrons. The van der Waals surface area contributed by atoms with Crippen LogP contribution in [0.5, 0.6) is 5.75 Å². The number of aromatic hydroxyl groups is 1. The minimum atomic E-state index is -0.316. The van der Waals surface area contributed by atoms with Gasteiger partial charge < -0.3 is 5.11 Å². The zero-order valence-electron chi connectivity index (χ0n) is 13.3. The first-order chi connectivity index (χ1) is 12.6. The number of carbonyl (C=O) groups is 1. The zero-order chi connectivity index (χ0) is 18.4. The molecule has 1 aromatic heterocycles. The van der Waals surface area contributed by atoms with Gasteiger partial charge in [0.25, 0.3) is 5.91 Å². The molecule has 0 unspecified atom stereocenters. The Balaban J connectivity index is 1.56. The monoisotopic (exact) mass is 432 g/mol. The van der Waals surface area contributed by atoms with Gasteiger partial charge >= 0.3 is 0 Å². The van der Waals surface area contributed by atoms with E-state index in [0.29, 0.717) is 10.7 Å². The van der Waals surface area contributed by atoms with Gasteiger partial charge in [0.15, 0.2) is 0 Å². The van der Waals surface area contributed by atoms with Crippen molar-refractivity contribution in [3.8, 4) is 11.4 Å². The van der Waals surface area contributed by atoms with Crippen LogP contribution in [0.15, 0.2) is 63.3 Å². The molecule has 0 atom stereocenters. The molecule has 10 heteroatoms. The molecule has 8 nitrogen and oxygen atoms in total. The van der Waals surface area contributed by atoms with Crippen molar-refractivity contribution in [1.29, 1.82) is 0 Å². The van der Waals surface area contributed by atoms with Gasteiger partial charge in [0, 0.05) is 10.0 Å². The lowest BCUT2D eigenvalue weighted by Crippen LogP contribution is -2.20. The van der Waals surface area contributed by atoms with Crippen molar-refractivity contribution in [1.82, 2.24) is 25.6 Å². The summed E-state index contributed by atoms with van der Waals surface area (Å²) in [7, 11) is 0. The Morgan fingerprint density at radius 3 is 2.92 bits per heavy atom. The van der Waals surface area contributed by atoms with Gasteiger partial charge in [-0.2, -0.15) is 9.78 Å². The van der Waals surface area contributed by atoms with E-state index in [2.05, 4.69) is 42.0 Å². The number of thioether (sulfide) groups is 1. The number of para-hydroxylation sites is 1. The molecule has 1 amide bonds. The number of carbonyl (C=O) groups excluding carboxylic acids is 1. The predicted octanol–water partition coefficient (Wildman–Crippen LogP) is 2.37. The van der Waals surface area contributed by atoms with Gasteiger partial charge in [-0.25, -0.2) is 5.43 Å². The summed E-state index contributed by atoms with van der Waals surface area (Å²) in [6.07, 6.45) is 1.37. The fraction of sp³-hybridized carbons (Fsp3) is 0.0625. The van der Waals surface area contributed by atoms with Crippen LogP contribution in [0.2, 0.25) is 0 Å². The van der Waals surface area contributed by atoms with Crippen LogP contribution < -0.4 is 5.43 Å². The number of tetrazole rings is 1. The highest BCUT2D eigenvalue weighted by Crippen LogP contribution is 2.20. The molecule has 0 bridgehead atoms. The second-order valence-electron chi connectivity index (χ2n) is 4.99. The smallest absolute Gasteiger partial charge is 0.250 e. The number of benzene rings is 2. The Hall–Kier alpha value is -2.72. The first kappa shape index (κ1) is 18.1. The summed E-state index contributed by atoms with van der Waals surface area (Å²) in [6.45, 7) is 0. The van der Waals surface area contributed by atoms with Crippen LogP contribution in [0.3, 0.4) is 0 Å². The van der Waals surface area contributed by atoms with Crippen molar-refractivity contribution in [2.24, 2.45) is 5.10 Å². The topological polar surface area (TPSA) is 105 Å². The standard InChI is InChI=1S/C16H13BrN6O2S/c17-12-6-7-14(24)11(8-12)9-18-19-15(25)10-26-16-20-21-22-23(16)13-4-2-1-3-5-13/h1-9,24H,10H2,(H,19,25). The van der Waals surface area contributed by atoms with E-state index in [-0.39, 0.29) is 17.4 Å². The number of hydrogen-bond donors (Lipinski definition) is 2. The number of nitrogens with one attached hydrogen (secondary N) is 1. The number of phenols is 1. The number of hydrazone groups is 1. The first-order valence-corrected chi connectivity index (χ1v) is 9.18. The highest BCUT2D eigenvalue weighted by molar-refractivity contribution is 9.10. The van der Waals surface area contributed by atoms with Crippen LogP contribution in [0.1, 0.15) is 5.56 Å². The first-order valence-electron chi connectivity index (χ1n) is 7.40. The van der Waals surface area contributed by atoms with Crippen molar-refractivity contribution < 1.29 is 9.90 Å². The second-order valence-corrected chi connectivity index (χ2v) is 6.85. The Labute approximate surface area is 161 Å². The maximum Gasteiger partial charge on any atom is 0.250 e. The number of rotatable bonds is 6. The minimum Gasteiger partial charge on any atom is -0.507 e. The van der Waals surface area contributed by atoms with Crippen LogP contribution in [-0.4, -0.2) is 43.2 Å². The largest absolute Gasteiger partial charge is 0.507 e. The molecule has 1 heterocycles. The van der Waals surface area contributed by atoms with Crippen molar-refractivity contribution in [3.05, 3.63) is 58.6 Å². The molecule has 0 saturated heterocycles. The molecule has 0 aliphatic heterocycles. The Morgan fingerprint density at radius 2 is 2.12 bits per heavy atom. The number of hydrogen-bond acceptors (Lipinski definition) is 7. The lowest BCUT2D eigenvalue weighted by atomic mass is 10.2. The normalized spacial score (nSPS) is 11.0. The van der Waals surface area contributed by atoms with E-state index in [1.165, 1.54) is 24.0 Å². The van der Waals surface area contributed by atoms with Crippen LogP contribution in [0.25, 0.3) is 5.69 Å². The van der Waals surface area contributed by atoms with Crippen LogP contribution in [-0.2, 0) is 4.79 Å². The third-order valence-electron chi connectivity index (χ3n) is 3.16. The Kier molecular flexibility index (Phi) is 5.97. The van der Waals surface area contributed by atoms with E-state index in [4.69, 9.17) is 0 Å². The second kappa shape index (κ2) is 8.59. The quantitative estimate of drug-likeness (QED) is 0.351. The molecule has 2 N–H and O–H groups in total. The predicted molar refractivity (Wildman–Crippen MR) is 101 cm³/mol. The van der Waals surface area contributed by atoms with Gasteiger partial charge in [-0.15, -0.1) is 5.10 Å². The van der Waals surface area contributed by atoms with E-state index in [1.807, 2.05) is 30.3 Å². The molecule has 3 aromatic rings. The fourth-order valence-electron chi connectivity index (χ4n) is 1.97. The molecule has 0 aliphatic rings. The van der Waals surface area contributed by atoms with Gasteiger partial charge in [0.05, 0.1) is 17.7 Å². The third-order valence-corrected chi connectivity index (χ3v) is 4.57. The maximum absolute atomic E-state index is 11.9. The van der Waals surface area contributed by atoms with Gasteiger partial charge in [0.1, 0.15) is 5.75 Å². The van der Waals surface area contributed by atoms with E-state index in [9.17, 15) is 9.90 Å². The molecule has 26 heavy (non-hydrogen) atoms. The fourth-order valence-corrected chi connectivity index (χ4v) is 3.03. The van der Waals surface area contributed by atoms with Gasteiger partial charge in [0.2, 0.25) is 5.16 Å². The average Bonchev–Trinajstić information content (AvgIpc) is 3.12. The van der Waals surface area contributed by atoms with Gasteiger partial charge in [-0.05, 0) is 40.8 Å². The number of halogens is 1. The van der Waals surface area contributed by atoms with Crippen molar-refractivity contribution in [3.63, 3.8) is 0 Å². The molecule has 0 aliphatic carbocycles. The number of aromatic nitrogens is 4. The maximum atomic E-state index is 11.9. The molecular formula is C16H13BrN6O2S. The van der Waals surface area contributed by atoms with Crippen molar-refractivity contribution in [2.45, 2.75) is 5.16 Å². The average molecular weight is 433 g/mol. The van der Waals surface area contributed by atoms with Crippen LogP contribution >= 0.6 is 27.7 Å². The van der Waals surface area contributed by atoms with Gasteiger partial charge in [-0.1, -0.05) is 45.9 Å². The van der Waals surface area contributed by atoms with E-state index in [1.54, 1.807) is 16.8 Å². The molecule has 3 rings (SSSR count). The van der Waals surface area contributed by atoms with E-state index < -0.39 is 0 Å². The Morgan fingerprint density at radius 1 is 1.31 bits per heavy atom. The van der Waals surface area contributed by atoms with Crippen molar-refractivity contribution in [2.75, 3.05) is 5.75 Å². The van der Waals surface area contributed by atoms with E-state index in [0.717, 1.165) is 10.2 Å². The molecule has 2 aromatic carbocycles. The lowest BCUT2D eigenvalue weighted by Gasteiger charge is -2.03. The summed E-state index contributed by atoms with van der Waals surface area (Å²) >= 11 is 4.50. The summed E-state index contributed by atoms with van der Waals surface area (Å²) in [5, 5.41) is 25.6. The molecule has 0 spiro atoms. The minimum absolute atomic E-state index is 0.0719. The van der Waals surface area contributed by atoms with E-state index >= 15 is 0 Å². The summed E-state index contributed by atoms with van der Waals surface area (Å²) in [6, 6.07) is 14.3. The highest BCUT2D eigenvalue weighted by Gasteiger charge is 2.11. The number of phenolic OH excluding ortho intramolecular Hbond substituents is 1. The van der Waals surface area contributed by atoms with Crippen LogP contribution in [0, 0.1) is 0 Å².